The van der Waals surface area contributed by atoms with E-state index in [1.807, 2.05) is 56.3 Å². The van der Waals surface area contributed by atoms with E-state index < -0.39 is 41.7 Å². The van der Waals surface area contributed by atoms with Gasteiger partial charge in [0.1, 0.15) is 30.5 Å². The number of nitrogens with one attached hydrogen (secondary N) is 2. The molecular weight excluding hydrogens is 588 g/mol. The Kier molecular flexibility index (Phi) is 10.7. The smallest absolute Gasteiger partial charge is 0.429 e. The predicted octanol–water partition coefficient (Wildman–Crippen LogP) is 5.19. The van der Waals surface area contributed by atoms with Gasteiger partial charge in [-0.1, -0.05) is 77.1 Å². The number of benzene rings is 2. The van der Waals surface area contributed by atoms with Crippen LogP contribution in [0.2, 0.25) is 0 Å². The molecule has 250 valence electrons. The van der Waals surface area contributed by atoms with Crippen LogP contribution in [0, 0.1) is 5.92 Å². The number of carbonyl (C=O) groups is 4. The summed E-state index contributed by atoms with van der Waals surface area (Å²) in [6.07, 6.45) is -1.50. The minimum Gasteiger partial charge on any atom is -0.445 e. The molecule has 2 unspecified atom stereocenters. The van der Waals surface area contributed by atoms with Crippen molar-refractivity contribution in [1.82, 2.24) is 20.7 Å². The number of epoxide rings is 1. The first-order chi connectivity index (χ1) is 21.5. The third-order valence-corrected chi connectivity index (χ3v) is 7.79. The zero-order chi connectivity index (χ0) is 33.8. The largest absolute Gasteiger partial charge is 0.445 e. The molecule has 0 radical (unpaired) electrons. The fourth-order valence-electron chi connectivity index (χ4n) is 5.31. The number of likely N-dealkylation sites (tertiary alicyclic amines) is 1. The SMILES string of the molecule is CC(C)C[C@H](NC(=O)c1ccc(C(C)(C)C)cc1)C(=O)NN(C[C@H]1C2OC2CN1C(=O)OCc1ccccc1)C(=O)OC(C)(C)C. The van der Waals surface area contributed by atoms with E-state index >= 15 is 0 Å². The number of rotatable bonds is 9. The minimum atomic E-state index is -0.944. The number of fused-ring (bicyclic) bond motifs is 1. The van der Waals surface area contributed by atoms with Crippen LogP contribution < -0.4 is 10.7 Å². The Bertz CT molecular complexity index is 1380. The molecular formula is C35H48N4O7. The van der Waals surface area contributed by atoms with Crippen LogP contribution in [0.5, 0.6) is 0 Å². The molecule has 2 aliphatic heterocycles. The molecule has 2 aromatic carbocycles. The van der Waals surface area contributed by atoms with Gasteiger partial charge < -0.3 is 19.5 Å². The monoisotopic (exact) mass is 636 g/mol. The second-order valence-corrected chi connectivity index (χ2v) is 14.4. The first-order valence-electron chi connectivity index (χ1n) is 15.9. The van der Waals surface area contributed by atoms with Gasteiger partial charge in [-0.15, -0.1) is 0 Å². The van der Waals surface area contributed by atoms with Crippen LogP contribution in [0.3, 0.4) is 0 Å². The molecule has 2 aliphatic rings. The molecule has 46 heavy (non-hydrogen) atoms. The molecule has 11 nitrogen and oxygen atoms in total. The molecule has 0 spiro atoms. The van der Waals surface area contributed by atoms with E-state index in [1.54, 1.807) is 32.9 Å². The summed E-state index contributed by atoms with van der Waals surface area (Å²) in [5.74, 6) is -0.925. The first kappa shape index (κ1) is 34.7. The Labute approximate surface area is 271 Å². The number of carbonyl (C=O) groups excluding carboxylic acids is 4. The molecule has 4 rings (SSSR count). The van der Waals surface area contributed by atoms with Gasteiger partial charge in [0.2, 0.25) is 0 Å². The van der Waals surface area contributed by atoms with E-state index in [4.69, 9.17) is 14.2 Å². The number of amides is 4. The molecule has 0 saturated carbocycles. The van der Waals surface area contributed by atoms with E-state index in [1.165, 1.54) is 4.90 Å². The normalized spacial score (nSPS) is 19.6. The van der Waals surface area contributed by atoms with Gasteiger partial charge in [0.05, 0.1) is 19.1 Å². The third kappa shape index (κ3) is 9.45. The summed E-state index contributed by atoms with van der Waals surface area (Å²) >= 11 is 0. The van der Waals surface area contributed by atoms with Crippen molar-refractivity contribution in [2.75, 3.05) is 13.1 Å². The molecule has 4 atom stereocenters. The number of hydrogen-bond acceptors (Lipinski definition) is 7. The maximum Gasteiger partial charge on any atom is 0.429 e. The Balaban J connectivity index is 1.49. The molecule has 11 heteroatoms. The lowest BCUT2D eigenvalue weighted by molar-refractivity contribution is -0.128. The van der Waals surface area contributed by atoms with Gasteiger partial charge in [-0.3, -0.25) is 19.9 Å². The Hall–Kier alpha value is -4.12. The van der Waals surface area contributed by atoms with Crippen LogP contribution in [0.1, 0.15) is 83.3 Å². The number of nitrogens with zero attached hydrogens (tertiary/aromatic N) is 2. The summed E-state index contributed by atoms with van der Waals surface area (Å²) < 4.78 is 16.9. The molecule has 0 aliphatic carbocycles. The van der Waals surface area contributed by atoms with Crippen LogP contribution in [0.15, 0.2) is 54.6 Å². The highest BCUT2D eigenvalue weighted by Crippen LogP contribution is 2.37. The molecule has 2 aromatic rings. The first-order valence-corrected chi connectivity index (χ1v) is 15.9. The van der Waals surface area contributed by atoms with Crippen LogP contribution >= 0.6 is 0 Å². The fraction of sp³-hybridized carbons (Fsp3) is 0.543. The standard InChI is InChI=1S/C35H48N4O7/c1-22(2)18-26(36-30(40)24-14-16-25(17-15-24)34(3,4)5)31(41)37-39(33(43)46-35(6,7)8)19-27-29-28(45-29)20-38(27)32(42)44-21-23-12-10-9-11-13-23/h9-17,22,26-29H,18-21H2,1-8H3,(H,36,40)(H,37,41)/t26-,27-,28?,29?/m0/s1. The zero-order valence-electron chi connectivity index (χ0n) is 28.2. The van der Waals surface area contributed by atoms with Gasteiger partial charge in [0.15, 0.2) is 0 Å². The lowest BCUT2D eigenvalue weighted by Crippen LogP contribution is -2.59. The van der Waals surface area contributed by atoms with Crippen molar-refractivity contribution in [3.63, 3.8) is 0 Å². The van der Waals surface area contributed by atoms with Gasteiger partial charge >= 0.3 is 12.2 Å². The predicted molar refractivity (Wildman–Crippen MR) is 173 cm³/mol. The summed E-state index contributed by atoms with van der Waals surface area (Å²) in [6, 6.07) is 15.1. The summed E-state index contributed by atoms with van der Waals surface area (Å²) in [7, 11) is 0. The summed E-state index contributed by atoms with van der Waals surface area (Å²) in [6.45, 7) is 15.6. The van der Waals surface area contributed by atoms with Gasteiger partial charge in [0, 0.05) is 5.56 Å². The summed E-state index contributed by atoms with van der Waals surface area (Å²) in [4.78, 5) is 55.1. The number of hydrazine groups is 1. The number of ether oxygens (including phenoxy) is 3. The molecule has 2 fully saturated rings. The van der Waals surface area contributed by atoms with Gasteiger partial charge in [0.25, 0.3) is 11.8 Å². The van der Waals surface area contributed by atoms with Gasteiger partial charge in [-0.2, -0.15) is 0 Å². The van der Waals surface area contributed by atoms with Crippen LogP contribution in [-0.4, -0.2) is 76.9 Å². The second-order valence-electron chi connectivity index (χ2n) is 14.4. The second kappa shape index (κ2) is 14.1. The molecule has 2 N–H and O–H groups in total. The van der Waals surface area contributed by atoms with E-state index in [0.717, 1.165) is 16.1 Å². The van der Waals surface area contributed by atoms with Crippen molar-refractivity contribution in [3.05, 3.63) is 71.3 Å². The quantitative estimate of drug-likeness (QED) is 0.286. The molecule has 4 amide bonds. The number of morpholine rings is 1. The van der Waals surface area contributed by atoms with Gasteiger partial charge in [-0.05, 0) is 61.8 Å². The summed E-state index contributed by atoms with van der Waals surface area (Å²) in [5, 5.41) is 3.91. The Morgan fingerprint density at radius 3 is 2.22 bits per heavy atom. The van der Waals surface area contributed by atoms with E-state index in [9.17, 15) is 19.2 Å². The molecule has 0 aromatic heterocycles. The van der Waals surface area contributed by atoms with Crippen molar-refractivity contribution >= 4 is 24.0 Å². The van der Waals surface area contributed by atoms with Crippen molar-refractivity contribution in [2.24, 2.45) is 5.92 Å². The molecule has 0 bridgehead atoms. The van der Waals surface area contributed by atoms with Crippen LogP contribution in [-0.2, 0) is 31.0 Å². The van der Waals surface area contributed by atoms with Crippen molar-refractivity contribution < 1.29 is 33.4 Å². The lowest BCUT2D eigenvalue weighted by atomic mass is 9.86. The topological polar surface area (TPSA) is 130 Å². The third-order valence-electron chi connectivity index (χ3n) is 7.79. The van der Waals surface area contributed by atoms with Crippen molar-refractivity contribution in [3.8, 4) is 0 Å². The van der Waals surface area contributed by atoms with Crippen LogP contribution in [0.4, 0.5) is 9.59 Å². The minimum absolute atomic E-state index is 0.0552. The zero-order valence-corrected chi connectivity index (χ0v) is 28.2. The highest BCUT2D eigenvalue weighted by molar-refractivity contribution is 5.97. The van der Waals surface area contributed by atoms with Crippen molar-refractivity contribution in [1.29, 1.82) is 0 Å². The van der Waals surface area contributed by atoms with E-state index in [2.05, 4.69) is 31.5 Å². The fourth-order valence-corrected chi connectivity index (χ4v) is 5.31. The highest BCUT2D eigenvalue weighted by Gasteiger charge is 2.57. The van der Waals surface area contributed by atoms with E-state index in [-0.39, 0.29) is 36.7 Å². The van der Waals surface area contributed by atoms with Crippen molar-refractivity contribution in [2.45, 2.75) is 104 Å². The Morgan fingerprint density at radius 2 is 1.63 bits per heavy atom. The average molecular weight is 637 g/mol. The average Bonchev–Trinajstić information content (AvgIpc) is 3.66. The maximum atomic E-state index is 13.7. The number of hydrogen-bond donors (Lipinski definition) is 2. The van der Waals surface area contributed by atoms with Crippen LogP contribution in [0.25, 0.3) is 0 Å². The molecule has 2 saturated heterocycles. The Morgan fingerprint density at radius 1 is 0.978 bits per heavy atom. The lowest BCUT2D eigenvalue weighted by Gasteiger charge is -2.33. The van der Waals surface area contributed by atoms with E-state index in [0.29, 0.717) is 18.5 Å². The molecule has 2 heterocycles. The highest BCUT2D eigenvalue weighted by atomic mass is 16.6. The summed E-state index contributed by atoms with van der Waals surface area (Å²) in [5.41, 5.74) is 4.11. The maximum absolute atomic E-state index is 13.7. The van der Waals surface area contributed by atoms with Gasteiger partial charge in [-0.25, -0.2) is 14.6 Å².